The average Bonchev–Trinajstić information content (AvgIpc) is 2.51. The van der Waals surface area contributed by atoms with Crippen molar-refractivity contribution >= 4 is 0 Å². The Morgan fingerprint density at radius 2 is 2.04 bits per heavy atom. The van der Waals surface area contributed by atoms with Gasteiger partial charge in [0.25, 0.3) is 0 Å². The van der Waals surface area contributed by atoms with Gasteiger partial charge in [-0.15, -0.1) is 0 Å². The minimum Gasteiger partial charge on any atom is -0.389 e. The fourth-order valence-corrected chi connectivity index (χ4v) is 4.64. The van der Waals surface area contributed by atoms with Crippen LogP contribution in [0.4, 0.5) is 0 Å². The number of hydrogen-bond acceptors (Lipinski definition) is 4. The lowest BCUT2D eigenvalue weighted by Gasteiger charge is -2.56. The first-order valence-corrected chi connectivity index (χ1v) is 9.17. The Kier molecular flexibility index (Phi) is 5.17. The highest BCUT2D eigenvalue weighted by atomic mass is 16.5. The second kappa shape index (κ2) is 6.83. The Morgan fingerprint density at radius 1 is 1.35 bits per heavy atom. The lowest BCUT2D eigenvalue weighted by molar-refractivity contribution is -0.0662. The van der Waals surface area contributed by atoms with Gasteiger partial charge in [-0.25, -0.2) is 0 Å². The molecule has 2 bridgehead atoms. The molecule has 1 heterocycles. The van der Waals surface area contributed by atoms with Crippen molar-refractivity contribution in [3.8, 4) is 0 Å². The normalized spacial score (nSPS) is 37.9. The van der Waals surface area contributed by atoms with Crippen LogP contribution in [0.2, 0.25) is 0 Å². The molecule has 0 aromatic heterocycles. The monoisotopic (exact) mass is 323 g/mol. The summed E-state index contributed by atoms with van der Waals surface area (Å²) in [5, 5.41) is 10.3. The van der Waals surface area contributed by atoms with Gasteiger partial charge in [-0.3, -0.25) is 4.90 Å². The number of hydrogen-bond donors (Lipinski definition) is 1. The minimum atomic E-state index is -0.427. The van der Waals surface area contributed by atoms with E-state index in [0.717, 1.165) is 19.1 Å². The van der Waals surface area contributed by atoms with Crippen molar-refractivity contribution in [2.45, 2.75) is 58.7 Å². The maximum absolute atomic E-state index is 10.3. The maximum atomic E-state index is 10.3. The van der Waals surface area contributed by atoms with Gasteiger partial charge in [0, 0.05) is 18.6 Å². The molecule has 1 aliphatic heterocycles. The topological polar surface area (TPSA) is 41.9 Å². The Morgan fingerprint density at radius 3 is 2.65 bits per heavy atom. The molecule has 5 atom stereocenters. The Bertz CT molecular complexity index is 438. The van der Waals surface area contributed by atoms with Gasteiger partial charge < -0.3 is 14.6 Å². The first-order valence-electron chi connectivity index (χ1n) is 9.17. The van der Waals surface area contributed by atoms with Crippen molar-refractivity contribution in [2.75, 3.05) is 33.0 Å². The van der Waals surface area contributed by atoms with E-state index < -0.39 is 6.10 Å². The minimum absolute atomic E-state index is 0.363. The zero-order valence-corrected chi connectivity index (χ0v) is 15.1. The van der Waals surface area contributed by atoms with Crippen LogP contribution in [0.25, 0.3) is 0 Å². The summed E-state index contributed by atoms with van der Waals surface area (Å²) < 4.78 is 11.4. The molecular formula is C19H33NO3. The summed E-state index contributed by atoms with van der Waals surface area (Å²) in [7, 11) is 0. The van der Waals surface area contributed by atoms with Crippen LogP contribution in [0, 0.1) is 17.3 Å². The summed E-state index contributed by atoms with van der Waals surface area (Å²) in [6, 6.07) is 0.726. The Hall–Kier alpha value is -0.420. The van der Waals surface area contributed by atoms with E-state index in [1.54, 1.807) is 0 Å². The molecule has 0 unspecified atom stereocenters. The highest BCUT2D eigenvalue weighted by Crippen LogP contribution is 2.59. The number of aliphatic hydroxyl groups excluding tert-OH is 1. The highest BCUT2D eigenvalue weighted by Gasteiger charge is 2.50. The van der Waals surface area contributed by atoms with E-state index in [2.05, 4.69) is 38.7 Å². The van der Waals surface area contributed by atoms with Gasteiger partial charge in [0.15, 0.2) is 0 Å². The summed E-state index contributed by atoms with van der Waals surface area (Å²) in [5.74, 6) is 1.56. The lowest BCUT2D eigenvalue weighted by atomic mass is 9.49. The fourth-order valence-electron chi connectivity index (χ4n) is 4.64. The van der Waals surface area contributed by atoms with Gasteiger partial charge in [0.05, 0.1) is 32.5 Å². The Labute approximate surface area is 140 Å². The molecule has 2 fully saturated rings. The standard InChI is InChI=1S/C19H33NO3/c1-13-9-22-10-14(2)20(13)8-17(21)12-23-11-15-5-6-16-7-18(15)19(16,3)4/h5,13-14,16-18,21H,6-12H2,1-4H3/t13-,14+,16-,17-,18+/m0/s1. The third-order valence-corrected chi connectivity index (χ3v) is 6.43. The number of rotatable bonds is 6. The van der Waals surface area contributed by atoms with Crippen molar-refractivity contribution in [2.24, 2.45) is 17.3 Å². The predicted molar refractivity (Wildman–Crippen MR) is 91.4 cm³/mol. The molecule has 0 amide bonds. The molecule has 4 nitrogen and oxygen atoms in total. The van der Waals surface area contributed by atoms with Crippen molar-refractivity contribution in [3.05, 3.63) is 11.6 Å². The van der Waals surface area contributed by atoms with Crippen LogP contribution >= 0.6 is 0 Å². The predicted octanol–water partition coefficient (Wildman–Crippen LogP) is 2.47. The maximum Gasteiger partial charge on any atom is 0.0900 e. The first kappa shape index (κ1) is 17.4. The van der Waals surface area contributed by atoms with Crippen LogP contribution in [0.15, 0.2) is 11.6 Å². The molecule has 4 rings (SSSR count). The fraction of sp³-hybridized carbons (Fsp3) is 0.895. The van der Waals surface area contributed by atoms with Crippen molar-refractivity contribution < 1.29 is 14.6 Å². The van der Waals surface area contributed by atoms with E-state index in [1.165, 1.54) is 18.4 Å². The van der Waals surface area contributed by atoms with E-state index >= 15 is 0 Å². The number of nitrogens with zero attached hydrogens (tertiary/aromatic N) is 1. The van der Waals surface area contributed by atoms with Crippen LogP contribution in [0.1, 0.15) is 40.5 Å². The molecule has 3 aliphatic carbocycles. The van der Waals surface area contributed by atoms with Crippen molar-refractivity contribution in [3.63, 3.8) is 0 Å². The largest absolute Gasteiger partial charge is 0.389 e. The molecule has 4 aliphatic rings. The molecule has 0 radical (unpaired) electrons. The molecule has 23 heavy (non-hydrogen) atoms. The molecule has 132 valence electrons. The van der Waals surface area contributed by atoms with E-state index in [0.29, 0.717) is 43.2 Å². The summed E-state index contributed by atoms with van der Waals surface area (Å²) >= 11 is 0. The van der Waals surface area contributed by atoms with Gasteiger partial charge in [0.2, 0.25) is 0 Å². The van der Waals surface area contributed by atoms with Crippen molar-refractivity contribution in [1.82, 2.24) is 4.90 Å². The number of aliphatic hydroxyl groups is 1. The summed E-state index contributed by atoms with van der Waals surface area (Å²) in [6.07, 6.45) is 4.48. The third kappa shape index (κ3) is 3.51. The van der Waals surface area contributed by atoms with E-state index in [-0.39, 0.29) is 0 Å². The number of morpholine rings is 1. The van der Waals surface area contributed by atoms with E-state index in [9.17, 15) is 5.11 Å². The van der Waals surface area contributed by atoms with Gasteiger partial charge in [0.1, 0.15) is 0 Å². The second-order valence-corrected chi connectivity index (χ2v) is 8.42. The van der Waals surface area contributed by atoms with Crippen molar-refractivity contribution in [1.29, 1.82) is 0 Å². The zero-order valence-electron chi connectivity index (χ0n) is 15.1. The zero-order chi connectivity index (χ0) is 16.6. The van der Waals surface area contributed by atoms with E-state index in [4.69, 9.17) is 9.47 Å². The van der Waals surface area contributed by atoms with Crippen LogP contribution in [0.5, 0.6) is 0 Å². The Balaban J connectivity index is 1.41. The number of fused-ring (bicyclic) bond motifs is 1. The van der Waals surface area contributed by atoms with E-state index in [1.807, 2.05) is 0 Å². The lowest BCUT2D eigenvalue weighted by Crippen LogP contribution is -2.52. The third-order valence-electron chi connectivity index (χ3n) is 6.43. The molecule has 0 aromatic carbocycles. The molecule has 1 saturated heterocycles. The average molecular weight is 323 g/mol. The molecule has 0 aromatic rings. The molecule has 1 saturated carbocycles. The number of β-amino-alcohol motifs (C(OH)–C–C–N with tert-alkyl or cyclic N) is 1. The van der Waals surface area contributed by atoms with Gasteiger partial charge in [-0.05, 0) is 49.5 Å². The number of allylic oxidation sites excluding steroid dienone is 1. The summed E-state index contributed by atoms with van der Waals surface area (Å²) in [6.45, 7) is 12.4. The molecule has 4 heteroatoms. The van der Waals surface area contributed by atoms with Crippen LogP contribution in [-0.4, -0.2) is 61.2 Å². The molecule has 0 spiro atoms. The van der Waals surface area contributed by atoms with Crippen LogP contribution < -0.4 is 0 Å². The summed E-state index contributed by atoms with van der Waals surface area (Å²) in [4.78, 5) is 2.33. The van der Waals surface area contributed by atoms with Gasteiger partial charge in [-0.1, -0.05) is 19.9 Å². The first-order chi connectivity index (χ1) is 10.9. The van der Waals surface area contributed by atoms with Crippen LogP contribution in [0.3, 0.4) is 0 Å². The summed E-state index contributed by atoms with van der Waals surface area (Å²) in [5.41, 5.74) is 1.91. The van der Waals surface area contributed by atoms with Gasteiger partial charge in [-0.2, -0.15) is 0 Å². The SMILES string of the molecule is C[C@@H]1COC[C@H](C)N1C[C@H](O)COCC1=CC[C@H]2C[C@H]1C2(C)C. The molecule has 1 N–H and O–H groups in total. The quantitative estimate of drug-likeness (QED) is 0.763. The van der Waals surface area contributed by atoms with Gasteiger partial charge >= 0.3 is 0 Å². The van der Waals surface area contributed by atoms with Crippen LogP contribution in [-0.2, 0) is 9.47 Å². The smallest absolute Gasteiger partial charge is 0.0900 e. The highest BCUT2D eigenvalue weighted by molar-refractivity contribution is 5.23. The molecular weight excluding hydrogens is 290 g/mol. The second-order valence-electron chi connectivity index (χ2n) is 8.42. The number of ether oxygens (including phenoxy) is 2.